The predicted octanol–water partition coefficient (Wildman–Crippen LogP) is 1.50. The van der Waals surface area contributed by atoms with Crippen molar-refractivity contribution in [3.8, 4) is 0 Å². The molecule has 0 saturated carbocycles. The Kier molecular flexibility index (Phi) is 4.17. The van der Waals surface area contributed by atoms with Crippen LogP contribution in [-0.4, -0.2) is 42.5 Å². The molecule has 0 amide bonds. The van der Waals surface area contributed by atoms with Gasteiger partial charge in [0.15, 0.2) is 0 Å². The molecule has 1 unspecified atom stereocenters. The van der Waals surface area contributed by atoms with E-state index in [-0.39, 0.29) is 12.1 Å². The summed E-state index contributed by atoms with van der Waals surface area (Å²) in [5.74, 6) is 0. The second-order valence-electron chi connectivity index (χ2n) is 7.52. The van der Waals surface area contributed by atoms with E-state index in [1.165, 1.54) is 16.3 Å². The third-order valence-electron chi connectivity index (χ3n) is 5.53. The SMILES string of the molecule is Cc1ccc(=O)n(CC2(O)C[C@H]3CC[C@@H](C2)N3Cc2cccnc2)n1. The van der Waals surface area contributed by atoms with Crippen molar-refractivity contribution in [1.29, 1.82) is 0 Å². The van der Waals surface area contributed by atoms with Crippen molar-refractivity contribution >= 4 is 0 Å². The Labute approximate surface area is 147 Å². The lowest BCUT2D eigenvalue weighted by Crippen LogP contribution is -2.53. The monoisotopic (exact) mass is 340 g/mol. The van der Waals surface area contributed by atoms with Gasteiger partial charge in [0.2, 0.25) is 0 Å². The van der Waals surface area contributed by atoms with Crippen molar-refractivity contribution in [1.82, 2.24) is 19.7 Å². The number of pyridine rings is 1. The van der Waals surface area contributed by atoms with Crippen LogP contribution in [0, 0.1) is 6.92 Å². The molecular weight excluding hydrogens is 316 g/mol. The summed E-state index contributed by atoms with van der Waals surface area (Å²) >= 11 is 0. The van der Waals surface area contributed by atoms with Gasteiger partial charge in [0, 0.05) is 37.1 Å². The van der Waals surface area contributed by atoms with Gasteiger partial charge < -0.3 is 5.11 Å². The maximum absolute atomic E-state index is 12.0. The van der Waals surface area contributed by atoms with E-state index in [2.05, 4.69) is 21.0 Å². The highest BCUT2D eigenvalue weighted by Gasteiger charge is 2.47. The van der Waals surface area contributed by atoms with E-state index in [1.807, 2.05) is 19.2 Å². The molecule has 2 aliphatic rings. The lowest BCUT2D eigenvalue weighted by molar-refractivity contribution is -0.0678. The first-order chi connectivity index (χ1) is 12.0. The molecule has 4 heterocycles. The molecule has 25 heavy (non-hydrogen) atoms. The standard InChI is InChI=1S/C19H24N4O2/c1-14-4-7-18(24)23(21-14)13-19(25)9-16-5-6-17(10-19)22(16)12-15-3-2-8-20-11-15/h2-4,7-8,11,16-17,25H,5-6,9-10,12-13H2,1H3/t16-,17+,19?. The first-order valence-corrected chi connectivity index (χ1v) is 8.94. The average Bonchev–Trinajstić information content (AvgIpc) is 2.83. The second kappa shape index (κ2) is 6.35. The summed E-state index contributed by atoms with van der Waals surface area (Å²) in [4.78, 5) is 18.7. The molecule has 6 nitrogen and oxygen atoms in total. The van der Waals surface area contributed by atoms with Gasteiger partial charge in [0.25, 0.3) is 5.56 Å². The van der Waals surface area contributed by atoms with E-state index in [9.17, 15) is 9.90 Å². The van der Waals surface area contributed by atoms with Crippen LogP contribution in [0.3, 0.4) is 0 Å². The second-order valence-corrected chi connectivity index (χ2v) is 7.52. The number of piperidine rings is 1. The quantitative estimate of drug-likeness (QED) is 0.913. The van der Waals surface area contributed by atoms with Crippen molar-refractivity contribution in [2.75, 3.05) is 0 Å². The lowest BCUT2D eigenvalue weighted by Gasteiger charge is -2.43. The topological polar surface area (TPSA) is 71.2 Å². The van der Waals surface area contributed by atoms with Crippen LogP contribution in [0.5, 0.6) is 0 Å². The fourth-order valence-corrected chi connectivity index (χ4v) is 4.45. The smallest absolute Gasteiger partial charge is 0.266 e. The maximum Gasteiger partial charge on any atom is 0.266 e. The van der Waals surface area contributed by atoms with Crippen molar-refractivity contribution in [2.45, 2.75) is 63.4 Å². The van der Waals surface area contributed by atoms with E-state index in [4.69, 9.17) is 0 Å². The van der Waals surface area contributed by atoms with Crippen molar-refractivity contribution < 1.29 is 5.11 Å². The van der Waals surface area contributed by atoms with E-state index >= 15 is 0 Å². The molecular formula is C19H24N4O2. The molecule has 0 aliphatic carbocycles. The van der Waals surface area contributed by atoms with E-state index < -0.39 is 5.60 Å². The molecule has 2 fully saturated rings. The Morgan fingerprint density at radius 2 is 2.00 bits per heavy atom. The summed E-state index contributed by atoms with van der Waals surface area (Å²) < 4.78 is 1.42. The first kappa shape index (κ1) is 16.4. The van der Waals surface area contributed by atoms with E-state index in [0.717, 1.165) is 25.1 Å². The van der Waals surface area contributed by atoms with Gasteiger partial charge in [-0.15, -0.1) is 0 Å². The molecule has 2 aromatic rings. The minimum Gasteiger partial charge on any atom is -0.388 e. The van der Waals surface area contributed by atoms with Gasteiger partial charge in [-0.2, -0.15) is 5.10 Å². The highest BCUT2D eigenvalue weighted by Crippen LogP contribution is 2.42. The number of rotatable bonds is 4. The summed E-state index contributed by atoms with van der Waals surface area (Å²) in [6, 6.07) is 8.01. The Hall–Kier alpha value is -2.05. The van der Waals surface area contributed by atoms with Gasteiger partial charge in [0.05, 0.1) is 17.8 Å². The molecule has 0 radical (unpaired) electrons. The highest BCUT2D eigenvalue weighted by molar-refractivity contribution is 5.11. The molecule has 2 bridgehead atoms. The molecule has 0 spiro atoms. The lowest BCUT2D eigenvalue weighted by atomic mass is 9.85. The summed E-state index contributed by atoms with van der Waals surface area (Å²) in [5.41, 5.74) is 0.993. The summed E-state index contributed by atoms with van der Waals surface area (Å²) in [6.45, 7) is 3.02. The molecule has 0 aromatic carbocycles. The van der Waals surface area contributed by atoms with Gasteiger partial charge in [-0.05, 0) is 50.3 Å². The molecule has 4 rings (SSSR count). The number of fused-ring (bicyclic) bond motifs is 2. The van der Waals surface area contributed by atoms with Gasteiger partial charge in [-0.25, -0.2) is 4.68 Å². The zero-order valence-corrected chi connectivity index (χ0v) is 14.5. The van der Waals surface area contributed by atoms with Crippen LogP contribution in [0.2, 0.25) is 0 Å². The Morgan fingerprint density at radius 3 is 2.68 bits per heavy atom. The van der Waals surface area contributed by atoms with Crippen LogP contribution in [0.1, 0.15) is 36.9 Å². The molecule has 2 aliphatic heterocycles. The normalized spacial score (nSPS) is 29.0. The van der Waals surface area contributed by atoms with Gasteiger partial charge >= 0.3 is 0 Å². The molecule has 2 aromatic heterocycles. The van der Waals surface area contributed by atoms with E-state index in [0.29, 0.717) is 24.9 Å². The van der Waals surface area contributed by atoms with Crippen molar-refractivity contribution in [2.24, 2.45) is 0 Å². The summed E-state index contributed by atoms with van der Waals surface area (Å²) in [5, 5.41) is 15.5. The maximum atomic E-state index is 12.0. The zero-order valence-electron chi connectivity index (χ0n) is 14.5. The Balaban J connectivity index is 1.50. The molecule has 1 N–H and O–H groups in total. The van der Waals surface area contributed by atoms with Gasteiger partial charge in [-0.3, -0.25) is 14.7 Å². The minimum atomic E-state index is -0.859. The van der Waals surface area contributed by atoms with Crippen LogP contribution >= 0.6 is 0 Å². The van der Waals surface area contributed by atoms with Crippen LogP contribution < -0.4 is 5.56 Å². The number of hydrogen-bond acceptors (Lipinski definition) is 5. The number of nitrogens with zero attached hydrogens (tertiary/aromatic N) is 4. The van der Waals surface area contributed by atoms with Gasteiger partial charge in [-0.1, -0.05) is 6.07 Å². The molecule has 6 heteroatoms. The van der Waals surface area contributed by atoms with Crippen molar-refractivity contribution in [3.63, 3.8) is 0 Å². The van der Waals surface area contributed by atoms with Gasteiger partial charge in [0.1, 0.15) is 0 Å². The van der Waals surface area contributed by atoms with Crippen LogP contribution in [-0.2, 0) is 13.1 Å². The predicted molar refractivity (Wildman–Crippen MR) is 94.0 cm³/mol. The third-order valence-corrected chi connectivity index (χ3v) is 5.53. The minimum absolute atomic E-state index is 0.149. The summed E-state index contributed by atoms with van der Waals surface area (Å²) in [7, 11) is 0. The number of aromatic nitrogens is 3. The van der Waals surface area contributed by atoms with Crippen molar-refractivity contribution in [3.05, 3.63) is 58.3 Å². The fourth-order valence-electron chi connectivity index (χ4n) is 4.45. The average molecular weight is 340 g/mol. The third kappa shape index (κ3) is 3.37. The Bertz CT molecular complexity index is 791. The zero-order chi connectivity index (χ0) is 17.4. The molecule has 2 saturated heterocycles. The van der Waals surface area contributed by atoms with E-state index in [1.54, 1.807) is 12.3 Å². The number of aryl methyl sites for hydroxylation is 1. The first-order valence-electron chi connectivity index (χ1n) is 8.94. The largest absolute Gasteiger partial charge is 0.388 e. The van der Waals surface area contributed by atoms with Crippen LogP contribution in [0.25, 0.3) is 0 Å². The molecule has 132 valence electrons. The summed E-state index contributed by atoms with van der Waals surface area (Å²) in [6.07, 6.45) is 7.28. The Morgan fingerprint density at radius 1 is 1.24 bits per heavy atom. The molecule has 3 atom stereocenters. The van der Waals surface area contributed by atoms with Crippen LogP contribution in [0.15, 0.2) is 41.5 Å². The van der Waals surface area contributed by atoms with Crippen LogP contribution in [0.4, 0.5) is 0 Å². The number of aliphatic hydroxyl groups is 1. The number of hydrogen-bond donors (Lipinski definition) is 1. The fraction of sp³-hybridized carbons (Fsp3) is 0.526. The highest BCUT2D eigenvalue weighted by atomic mass is 16.3.